The van der Waals surface area contributed by atoms with Crippen molar-refractivity contribution in [3.05, 3.63) is 34.9 Å². The van der Waals surface area contributed by atoms with Crippen LogP contribution in [0.15, 0.2) is 18.2 Å². The topological polar surface area (TPSA) is 57.6 Å². The minimum Gasteiger partial charge on any atom is -0.279 e. The van der Waals surface area contributed by atoms with Gasteiger partial charge in [-0.25, -0.2) is 0 Å². The predicted molar refractivity (Wildman–Crippen MR) is 63.5 cm³/mol. The highest BCUT2D eigenvalue weighted by Gasteiger charge is 2.26. The number of imide groups is 1. The molecule has 1 saturated heterocycles. The van der Waals surface area contributed by atoms with Gasteiger partial charge in [0.25, 0.3) is 11.8 Å². The van der Waals surface area contributed by atoms with Crippen LogP contribution in [0.5, 0.6) is 0 Å². The summed E-state index contributed by atoms with van der Waals surface area (Å²) in [7, 11) is 0. The third kappa shape index (κ3) is 4.00. The number of benzene rings is 1. The molecule has 1 N–H and O–H groups in total. The highest BCUT2D eigenvalue weighted by molar-refractivity contribution is 6.00. The minimum absolute atomic E-state index is 0.148. The van der Waals surface area contributed by atoms with Crippen LogP contribution in [-0.4, -0.2) is 22.1 Å². The van der Waals surface area contributed by atoms with E-state index in [1.165, 1.54) is 16.7 Å². The van der Waals surface area contributed by atoms with Crippen LogP contribution >= 0.6 is 0 Å². The Morgan fingerprint density at radius 3 is 1.35 bits per heavy atom. The number of hydrogen-bond acceptors (Lipinski definition) is 3. The molecule has 4 heteroatoms. The highest BCUT2D eigenvalue weighted by atomic mass is 16.5. The van der Waals surface area contributed by atoms with Gasteiger partial charge in [0, 0.05) is 12.8 Å². The summed E-state index contributed by atoms with van der Waals surface area (Å²) in [5.74, 6) is -1.01. The zero-order valence-corrected chi connectivity index (χ0v) is 10.4. The molecule has 1 heterocycles. The third-order valence-electron chi connectivity index (χ3n) is 2.39. The first-order valence-corrected chi connectivity index (χ1v) is 5.49. The lowest BCUT2D eigenvalue weighted by Gasteiger charge is -1.98. The molecule has 0 aromatic heterocycles. The third-order valence-corrected chi connectivity index (χ3v) is 2.39. The molecule has 2 amide bonds. The quantitative estimate of drug-likeness (QED) is 0.553. The van der Waals surface area contributed by atoms with Crippen molar-refractivity contribution in [3.8, 4) is 0 Å². The largest absolute Gasteiger partial charge is 0.279 e. The standard InChI is InChI=1S/C9H12.C4H5NO3/c1-7-4-8(2)6-9(3)5-7;6-3-1-2-4(7)5(3)8/h4-6H,1-3H3;8H,1-2H2. The Kier molecular flexibility index (Phi) is 4.40. The Morgan fingerprint density at radius 1 is 0.882 bits per heavy atom. The van der Waals surface area contributed by atoms with Gasteiger partial charge in [-0.2, -0.15) is 5.06 Å². The molecule has 1 aromatic rings. The minimum atomic E-state index is -0.505. The summed E-state index contributed by atoms with van der Waals surface area (Å²) in [6, 6.07) is 6.56. The number of aryl methyl sites for hydroxylation is 3. The zero-order valence-electron chi connectivity index (χ0n) is 10.4. The van der Waals surface area contributed by atoms with Gasteiger partial charge in [-0.1, -0.05) is 34.9 Å². The van der Waals surface area contributed by atoms with E-state index >= 15 is 0 Å². The number of amides is 2. The molecular formula is C13H17NO3. The van der Waals surface area contributed by atoms with E-state index in [2.05, 4.69) is 39.0 Å². The molecule has 0 bridgehead atoms. The van der Waals surface area contributed by atoms with Crippen molar-refractivity contribution in [1.82, 2.24) is 5.06 Å². The average molecular weight is 235 g/mol. The molecule has 1 fully saturated rings. The number of hydrogen-bond donors (Lipinski definition) is 1. The molecule has 17 heavy (non-hydrogen) atoms. The summed E-state index contributed by atoms with van der Waals surface area (Å²) in [4.78, 5) is 20.5. The number of rotatable bonds is 0. The molecule has 92 valence electrons. The fraction of sp³-hybridized carbons (Fsp3) is 0.385. The second-order valence-electron chi connectivity index (χ2n) is 4.26. The first kappa shape index (κ1) is 13.4. The van der Waals surface area contributed by atoms with Crippen molar-refractivity contribution >= 4 is 11.8 Å². The molecule has 2 rings (SSSR count). The van der Waals surface area contributed by atoms with Crippen LogP contribution in [0.3, 0.4) is 0 Å². The summed E-state index contributed by atoms with van der Waals surface area (Å²) >= 11 is 0. The normalized spacial score (nSPS) is 14.7. The summed E-state index contributed by atoms with van der Waals surface area (Å²) < 4.78 is 0. The van der Waals surface area contributed by atoms with Crippen molar-refractivity contribution in [2.75, 3.05) is 0 Å². The molecular weight excluding hydrogens is 218 g/mol. The maximum atomic E-state index is 10.2. The molecule has 0 aliphatic carbocycles. The van der Waals surface area contributed by atoms with Gasteiger partial charge < -0.3 is 0 Å². The van der Waals surface area contributed by atoms with Gasteiger partial charge in [0.2, 0.25) is 0 Å². The zero-order chi connectivity index (χ0) is 13.0. The molecule has 0 radical (unpaired) electrons. The van der Waals surface area contributed by atoms with E-state index in [1.54, 1.807) is 0 Å². The van der Waals surface area contributed by atoms with Gasteiger partial charge >= 0.3 is 0 Å². The van der Waals surface area contributed by atoms with Crippen LogP contribution in [0.4, 0.5) is 0 Å². The van der Waals surface area contributed by atoms with E-state index in [4.69, 9.17) is 5.21 Å². The summed E-state index contributed by atoms with van der Waals surface area (Å²) in [6.07, 6.45) is 0.296. The maximum Gasteiger partial charge on any atom is 0.253 e. The average Bonchev–Trinajstić information content (AvgIpc) is 2.48. The van der Waals surface area contributed by atoms with E-state index in [9.17, 15) is 9.59 Å². The lowest BCUT2D eigenvalue weighted by Crippen LogP contribution is -2.24. The Labute approximate surface area is 101 Å². The number of nitrogens with zero attached hydrogens (tertiary/aromatic N) is 1. The van der Waals surface area contributed by atoms with Gasteiger partial charge in [-0.05, 0) is 20.8 Å². The van der Waals surface area contributed by atoms with E-state index in [1.807, 2.05) is 0 Å². The van der Waals surface area contributed by atoms with Gasteiger partial charge in [-0.15, -0.1) is 0 Å². The van der Waals surface area contributed by atoms with Crippen LogP contribution < -0.4 is 0 Å². The van der Waals surface area contributed by atoms with E-state index in [0.717, 1.165) is 0 Å². The van der Waals surface area contributed by atoms with Gasteiger partial charge in [0.1, 0.15) is 0 Å². The van der Waals surface area contributed by atoms with Crippen LogP contribution in [0.25, 0.3) is 0 Å². The van der Waals surface area contributed by atoms with Crippen molar-refractivity contribution < 1.29 is 14.8 Å². The molecule has 0 saturated carbocycles. The Balaban J connectivity index is 0.000000171. The van der Waals surface area contributed by atoms with Crippen LogP contribution in [0.2, 0.25) is 0 Å². The number of hydroxylamine groups is 2. The van der Waals surface area contributed by atoms with Crippen molar-refractivity contribution in [1.29, 1.82) is 0 Å². The molecule has 1 aromatic carbocycles. The molecule has 0 spiro atoms. The van der Waals surface area contributed by atoms with Crippen molar-refractivity contribution in [2.45, 2.75) is 33.6 Å². The van der Waals surface area contributed by atoms with Gasteiger partial charge in [0.15, 0.2) is 0 Å². The second kappa shape index (κ2) is 5.59. The highest BCUT2D eigenvalue weighted by Crippen LogP contribution is 2.07. The first-order valence-electron chi connectivity index (χ1n) is 5.49. The fourth-order valence-corrected chi connectivity index (χ4v) is 1.77. The van der Waals surface area contributed by atoms with Gasteiger partial charge in [0.05, 0.1) is 0 Å². The molecule has 0 atom stereocenters. The van der Waals surface area contributed by atoms with E-state index < -0.39 is 11.8 Å². The maximum absolute atomic E-state index is 10.2. The first-order chi connectivity index (χ1) is 7.90. The Bertz CT molecular complexity index is 374. The molecule has 4 nitrogen and oxygen atoms in total. The predicted octanol–water partition coefficient (Wildman–Crippen LogP) is 2.14. The number of carbonyl (C=O) groups is 2. The smallest absolute Gasteiger partial charge is 0.253 e. The van der Waals surface area contributed by atoms with Crippen LogP contribution in [0.1, 0.15) is 29.5 Å². The van der Waals surface area contributed by atoms with E-state index in [0.29, 0.717) is 0 Å². The Morgan fingerprint density at radius 2 is 1.18 bits per heavy atom. The summed E-state index contributed by atoms with van der Waals surface area (Å²) in [6.45, 7) is 6.38. The van der Waals surface area contributed by atoms with Crippen LogP contribution in [-0.2, 0) is 9.59 Å². The second-order valence-corrected chi connectivity index (χ2v) is 4.26. The van der Waals surface area contributed by atoms with Gasteiger partial charge in [-0.3, -0.25) is 14.8 Å². The van der Waals surface area contributed by atoms with E-state index in [-0.39, 0.29) is 17.9 Å². The summed E-state index contributed by atoms with van der Waals surface area (Å²) in [5.41, 5.74) is 4.06. The van der Waals surface area contributed by atoms with Crippen LogP contribution in [0, 0.1) is 20.8 Å². The monoisotopic (exact) mass is 235 g/mol. The lowest BCUT2D eigenvalue weighted by atomic mass is 10.1. The summed E-state index contributed by atoms with van der Waals surface area (Å²) in [5, 5.41) is 8.57. The van der Waals surface area contributed by atoms with Crippen molar-refractivity contribution in [3.63, 3.8) is 0 Å². The lowest BCUT2D eigenvalue weighted by molar-refractivity contribution is -0.171. The number of carbonyl (C=O) groups excluding carboxylic acids is 2. The molecule has 0 unspecified atom stereocenters. The Hall–Kier alpha value is -1.68. The molecule has 1 aliphatic rings. The van der Waals surface area contributed by atoms with Crippen molar-refractivity contribution in [2.24, 2.45) is 0 Å². The SMILES string of the molecule is Cc1cc(C)cc(C)c1.O=C1CCC(=O)N1O. The fourth-order valence-electron chi connectivity index (χ4n) is 1.77. The molecule has 1 aliphatic heterocycles.